The van der Waals surface area contributed by atoms with E-state index in [0.29, 0.717) is 27.1 Å². The average Bonchev–Trinajstić information content (AvgIpc) is 2.95. The van der Waals surface area contributed by atoms with E-state index in [-0.39, 0.29) is 11.8 Å². The van der Waals surface area contributed by atoms with Crippen LogP contribution in [0.4, 0.5) is 10.7 Å². The van der Waals surface area contributed by atoms with E-state index in [0.717, 1.165) is 11.1 Å². The van der Waals surface area contributed by atoms with Gasteiger partial charge in [-0.05, 0) is 37.1 Å². The van der Waals surface area contributed by atoms with Crippen molar-refractivity contribution in [2.45, 2.75) is 34.6 Å². The molecule has 1 heterocycles. The lowest BCUT2D eigenvalue weighted by molar-refractivity contribution is -0.123. The van der Waals surface area contributed by atoms with Gasteiger partial charge in [0, 0.05) is 17.2 Å². The number of amides is 2. The number of nitrogens with one attached hydrogen (secondary N) is 2. The lowest BCUT2D eigenvalue weighted by Gasteiger charge is -2.16. The van der Waals surface area contributed by atoms with Gasteiger partial charge in [0.2, 0.25) is 5.91 Å². The van der Waals surface area contributed by atoms with E-state index in [9.17, 15) is 9.59 Å². The first-order chi connectivity index (χ1) is 12.6. The third-order valence-electron chi connectivity index (χ3n) is 4.02. The fraction of sp³-hybridized carbons (Fsp3) is 0.400. The van der Waals surface area contributed by atoms with Crippen LogP contribution in [0, 0.1) is 19.3 Å². The Morgan fingerprint density at radius 2 is 1.52 bits per heavy atom. The highest BCUT2D eigenvalue weighted by Crippen LogP contribution is 2.34. The van der Waals surface area contributed by atoms with Crippen molar-refractivity contribution in [2.75, 3.05) is 24.9 Å². The number of thiophene rings is 1. The van der Waals surface area contributed by atoms with E-state index in [4.69, 9.17) is 9.47 Å². The summed E-state index contributed by atoms with van der Waals surface area (Å²) in [6.45, 7) is 9.26. The molecule has 0 saturated heterocycles. The predicted molar refractivity (Wildman–Crippen MR) is 109 cm³/mol. The molecule has 0 fully saturated rings. The van der Waals surface area contributed by atoms with Gasteiger partial charge in [0.1, 0.15) is 0 Å². The molecule has 2 aromatic rings. The molecular weight excluding hydrogens is 364 g/mol. The van der Waals surface area contributed by atoms with Crippen molar-refractivity contribution in [1.82, 2.24) is 0 Å². The number of carbonyl (C=O) groups excluding carboxylic acids is 2. The summed E-state index contributed by atoms with van der Waals surface area (Å²) in [5, 5.41) is 6.44. The summed E-state index contributed by atoms with van der Waals surface area (Å²) in [5.41, 5.74) is 1.80. The zero-order valence-electron chi connectivity index (χ0n) is 16.8. The normalized spacial score (nSPS) is 11.1. The molecule has 6 nitrogen and oxygen atoms in total. The Balaban J connectivity index is 2.23. The van der Waals surface area contributed by atoms with Gasteiger partial charge in [-0.3, -0.25) is 9.59 Å². The van der Waals surface area contributed by atoms with Crippen LogP contribution in [0.15, 0.2) is 18.2 Å². The van der Waals surface area contributed by atoms with Crippen LogP contribution in [-0.4, -0.2) is 26.0 Å². The minimum absolute atomic E-state index is 0.0913. The third kappa shape index (κ3) is 4.80. The van der Waals surface area contributed by atoms with Crippen LogP contribution in [0.3, 0.4) is 0 Å². The number of rotatable bonds is 5. The fourth-order valence-corrected chi connectivity index (χ4v) is 3.33. The standard InChI is InChI=1S/C20H26N2O4S/c1-11-8-14(25-6)15(26-7)10-13(11)21-18(23)17-12(2)9-16(27-17)22-19(24)20(3,4)5/h8-10H,1-7H3,(H,21,23)(H,22,24). The van der Waals surface area contributed by atoms with E-state index in [1.165, 1.54) is 11.3 Å². The maximum absolute atomic E-state index is 12.8. The molecule has 27 heavy (non-hydrogen) atoms. The number of anilines is 2. The van der Waals surface area contributed by atoms with Crippen molar-refractivity contribution >= 4 is 33.8 Å². The zero-order valence-corrected chi connectivity index (χ0v) is 17.6. The summed E-state index contributed by atoms with van der Waals surface area (Å²) in [7, 11) is 3.12. The molecule has 0 spiro atoms. The van der Waals surface area contributed by atoms with Gasteiger partial charge in [0.15, 0.2) is 11.5 Å². The number of ether oxygens (including phenoxy) is 2. The number of methoxy groups -OCH3 is 2. The first kappa shape index (κ1) is 20.8. The molecule has 0 atom stereocenters. The van der Waals surface area contributed by atoms with Crippen LogP contribution in [-0.2, 0) is 4.79 Å². The Bertz CT molecular complexity index is 866. The first-order valence-corrected chi connectivity index (χ1v) is 9.34. The maximum Gasteiger partial charge on any atom is 0.266 e. The molecule has 0 unspecified atom stereocenters. The molecule has 7 heteroatoms. The van der Waals surface area contributed by atoms with Crippen LogP contribution in [0.25, 0.3) is 0 Å². The van der Waals surface area contributed by atoms with Gasteiger partial charge in [-0.15, -0.1) is 11.3 Å². The van der Waals surface area contributed by atoms with Crippen LogP contribution < -0.4 is 20.1 Å². The second-order valence-corrected chi connectivity index (χ2v) is 8.36. The molecule has 0 bridgehead atoms. The van der Waals surface area contributed by atoms with Crippen molar-refractivity contribution in [3.8, 4) is 11.5 Å². The molecule has 0 radical (unpaired) electrons. The summed E-state index contributed by atoms with van der Waals surface area (Å²) in [5.74, 6) is 0.822. The van der Waals surface area contributed by atoms with E-state index in [1.54, 1.807) is 20.3 Å². The highest BCUT2D eigenvalue weighted by atomic mass is 32.1. The van der Waals surface area contributed by atoms with Crippen LogP contribution >= 0.6 is 11.3 Å². The monoisotopic (exact) mass is 390 g/mol. The molecule has 146 valence electrons. The highest BCUT2D eigenvalue weighted by molar-refractivity contribution is 7.18. The molecule has 2 N–H and O–H groups in total. The maximum atomic E-state index is 12.8. The van der Waals surface area contributed by atoms with E-state index in [2.05, 4.69) is 10.6 Å². The Labute approximate surface area is 163 Å². The van der Waals surface area contributed by atoms with E-state index in [1.807, 2.05) is 46.8 Å². The molecule has 2 amide bonds. The van der Waals surface area contributed by atoms with Crippen molar-refractivity contribution in [3.05, 3.63) is 34.2 Å². The fourth-order valence-electron chi connectivity index (χ4n) is 2.36. The van der Waals surface area contributed by atoms with Gasteiger partial charge in [0.05, 0.1) is 24.1 Å². The summed E-state index contributed by atoms with van der Waals surface area (Å²) >= 11 is 1.25. The number of hydrogen-bond donors (Lipinski definition) is 2. The topological polar surface area (TPSA) is 76.7 Å². The second-order valence-electron chi connectivity index (χ2n) is 7.30. The smallest absolute Gasteiger partial charge is 0.266 e. The lowest BCUT2D eigenvalue weighted by Crippen LogP contribution is -2.27. The summed E-state index contributed by atoms with van der Waals surface area (Å²) in [6, 6.07) is 5.35. The molecule has 1 aromatic carbocycles. The summed E-state index contributed by atoms with van der Waals surface area (Å²) in [4.78, 5) is 25.5. The highest BCUT2D eigenvalue weighted by Gasteiger charge is 2.23. The Morgan fingerprint density at radius 1 is 0.926 bits per heavy atom. The van der Waals surface area contributed by atoms with E-state index >= 15 is 0 Å². The predicted octanol–water partition coefficient (Wildman–Crippen LogP) is 4.62. The molecule has 0 aliphatic carbocycles. The second kappa shape index (κ2) is 8.00. The van der Waals surface area contributed by atoms with Gasteiger partial charge in [-0.1, -0.05) is 20.8 Å². The van der Waals surface area contributed by atoms with Crippen molar-refractivity contribution in [3.63, 3.8) is 0 Å². The van der Waals surface area contributed by atoms with Crippen molar-refractivity contribution in [1.29, 1.82) is 0 Å². The molecular formula is C20H26N2O4S. The average molecular weight is 391 g/mol. The molecule has 0 saturated carbocycles. The quantitative estimate of drug-likeness (QED) is 0.781. The molecule has 2 rings (SSSR count). The Hall–Kier alpha value is -2.54. The number of carbonyl (C=O) groups is 2. The van der Waals surface area contributed by atoms with Crippen LogP contribution in [0.5, 0.6) is 11.5 Å². The first-order valence-electron chi connectivity index (χ1n) is 8.52. The molecule has 0 aliphatic heterocycles. The van der Waals surface area contributed by atoms with Crippen molar-refractivity contribution < 1.29 is 19.1 Å². The largest absolute Gasteiger partial charge is 0.493 e. The van der Waals surface area contributed by atoms with Crippen LogP contribution in [0.2, 0.25) is 0 Å². The van der Waals surface area contributed by atoms with Gasteiger partial charge < -0.3 is 20.1 Å². The van der Waals surface area contributed by atoms with Crippen LogP contribution in [0.1, 0.15) is 41.6 Å². The Kier molecular flexibility index (Phi) is 6.15. The summed E-state index contributed by atoms with van der Waals surface area (Å²) < 4.78 is 10.6. The molecule has 1 aromatic heterocycles. The van der Waals surface area contributed by atoms with Gasteiger partial charge >= 0.3 is 0 Å². The lowest BCUT2D eigenvalue weighted by atomic mass is 9.96. The summed E-state index contributed by atoms with van der Waals surface area (Å²) in [6.07, 6.45) is 0. The number of benzene rings is 1. The minimum atomic E-state index is -0.503. The number of aryl methyl sites for hydroxylation is 2. The van der Waals surface area contributed by atoms with Crippen molar-refractivity contribution in [2.24, 2.45) is 5.41 Å². The zero-order chi connectivity index (χ0) is 20.4. The number of hydrogen-bond acceptors (Lipinski definition) is 5. The van der Waals surface area contributed by atoms with Gasteiger partial charge in [-0.25, -0.2) is 0 Å². The minimum Gasteiger partial charge on any atom is -0.493 e. The SMILES string of the molecule is COc1cc(C)c(NC(=O)c2sc(NC(=O)C(C)(C)C)cc2C)cc1OC. The molecule has 0 aliphatic rings. The Morgan fingerprint density at radius 3 is 2.07 bits per heavy atom. The van der Waals surface area contributed by atoms with E-state index < -0.39 is 5.41 Å². The van der Waals surface area contributed by atoms with Gasteiger partial charge in [0.25, 0.3) is 5.91 Å². The van der Waals surface area contributed by atoms with Gasteiger partial charge in [-0.2, -0.15) is 0 Å². The third-order valence-corrected chi connectivity index (χ3v) is 5.17.